The van der Waals surface area contributed by atoms with Gasteiger partial charge in [-0.2, -0.15) is 0 Å². The molecule has 0 saturated heterocycles. The maximum absolute atomic E-state index is 13.1. The third-order valence-corrected chi connectivity index (χ3v) is 20.8. The number of esters is 4. The molecular formula is C80H156O17P2. The molecule has 3 N–H and O–H groups in total. The summed E-state index contributed by atoms with van der Waals surface area (Å²) in [7, 11) is -9.92. The van der Waals surface area contributed by atoms with Crippen molar-refractivity contribution in [3.05, 3.63) is 0 Å². The van der Waals surface area contributed by atoms with Gasteiger partial charge in [-0.1, -0.05) is 357 Å². The van der Waals surface area contributed by atoms with E-state index in [-0.39, 0.29) is 25.7 Å². The van der Waals surface area contributed by atoms with Crippen LogP contribution in [-0.4, -0.2) is 96.7 Å². The molecule has 99 heavy (non-hydrogen) atoms. The number of aliphatic hydroxyl groups is 1. The van der Waals surface area contributed by atoms with Crippen LogP contribution in [0, 0.1) is 23.7 Å². The number of phosphoric acid groups is 2. The quantitative estimate of drug-likeness (QED) is 0.0222. The summed E-state index contributed by atoms with van der Waals surface area (Å²) in [5, 5.41) is 10.6. The predicted molar refractivity (Wildman–Crippen MR) is 404 cm³/mol. The molecule has 6 atom stereocenters. The third-order valence-electron chi connectivity index (χ3n) is 18.9. The van der Waals surface area contributed by atoms with Crippen molar-refractivity contribution in [1.29, 1.82) is 0 Å². The van der Waals surface area contributed by atoms with Gasteiger partial charge in [0.1, 0.15) is 19.3 Å². The van der Waals surface area contributed by atoms with Gasteiger partial charge in [0.25, 0.3) is 0 Å². The van der Waals surface area contributed by atoms with E-state index in [4.69, 9.17) is 37.0 Å². The van der Waals surface area contributed by atoms with E-state index >= 15 is 0 Å². The molecule has 0 rings (SSSR count). The van der Waals surface area contributed by atoms with E-state index in [1.807, 2.05) is 0 Å². The lowest BCUT2D eigenvalue weighted by Crippen LogP contribution is -2.30. The third kappa shape index (κ3) is 72.8. The zero-order valence-electron chi connectivity index (χ0n) is 65.1. The Morgan fingerprint density at radius 2 is 0.485 bits per heavy atom. The Balaban J connectivity index is 5.21. The second-order valence-electron chi connectivity index (χ2n) is 30.5. The van der Waals surface area contributed by atoms with Crippen molar-refractivity contribution in [2.75, 3.05) is 39.6 Å². The number of ether oxygens (including phenoxy) is 4. The van der Waals surface area contributed by atoms with Crippen molar-refractivity contribution < 1.29 is 80.2 Å². The zero-order chi connectivity index (χ0) is 73.1. The molecule has 0 radical (unpaired) electrons. The van der Waals surface area contributed by atoms with Crippen LogP contribution in [0.2, 0.25) is 0 Å². The smallest absolute Gasteiger partial charge is 0.462 e. The van der Waals surface area contributed by atoms with Gasteiger partial charge in [-0.25, -0.2) is 9.13 Å². The molecule has 588 valence electrons. The Kier molecular flexibility index (Phi) is 67.8. The van der Waals surface area contributed by atoms with Crippen LogP contribution in [0.15, 0.2) is 0 Å². The van der Waals surface area contributed by atoms with Crippen molar-refractivity contribution in [1.82, 2.24) is 0 Å². The lowest BCUT2D eigenvalue weighted by Gasteiger charge is -2.21. The molecule has 0 aromatic heterocycles. The summed E-state index contributed by atoms with van der Waals surface area (Å²) in [5.41, 5.74) is 0. The van der Waals surface area contributed by atoms with Crippen LogP contribution < -0.4 is 0 Å². The highest BCUT2D eigenvalue weighted by Crippen LogP contribution is 2.45. The summed E-state index contributed by atoms with van der Waals surface area (Å²) in [4.78, 5) is 72.9. The molecule has 0 saturated carbocycles. The van der Waals surface area contributed by atoms with Crippen LogP contribution in [0.25, 0.3) is 0 Å². The van der Waals surface area contributed by atoms with Crippen molar-refractivity contribution in [3.8, 4) is 0 Å². The number of phosphoric ester groups is 2. The van der Waals surface area contributed by atoms with E-state index in [0.717, 1.165) is 114 Å². The van der Waals surface area contributed by atoms with E-state index in [1.54, 1.807) is 0 Å². The fourth-order valence-electron chi connectivity index (χ4n) is 12.2. The van der Waals surface area contributed by atoms with Crippen LogP contribution in [0.4, 0.5) is 0 Å². The first-order chi connectivity index (χ1) is 47.6. The van der Waals surface area contributed by atoms with Gasteiger partial charge in [-0.15, -0.1) is 0 Å². The SMILES string of the molecule is CCC(C)CCCCCCCCCCCCCCCCCCCCC(=O)O[C@H](COC(=O)CCCCCCCCCCCCCC(C)C)COP(=O)(O)OCC(O)COP(=O)(O)OC[C@@H](COC(=O)CCCCCCCCCC(C)C)OC(=O)CCCCCCCCCCCCC(C)C. The first kappa shape index (κ1) is 97.1. The number of aliphatic hydroxyl groups excluding tert-OH is 1. The van der Waals surface area contributed by atoms with Crippen molar-refractivity contribution >= 4 is 39.5 Å². The summed E-state index contributed by atoms with van der Waals surface area (Å²) < 4.78 is 68.6. The number of carbonyl (C=O) groups excluding carboxylic acids is 4. The average molecular weight is 1450 g/mol. The van der Waals surface area contributed by atoms with Gasteiger partial charge in [0.05, 0.1) is 26.4 Å². The lowest BCUT2D eigenvalue weighted by molar-refractivity contribution is -0.161. The summed E-state index contributed by atoms with van der Waals surface area (Å²) in [6.45, 7) is 14.2. The van der Waals surface area contributed by atoms with Crippen LogP contribution in [0.1, 0.15) is 409 Å². The first-order valence-electron chi connectivity index (χ1n) is 41.2. The summed E-state index contributed by atoms with van der Waals surface area (Å²) in [5.74, 6) is 0.982. The molecule has 0 bridgehead atoms. The molecule has 0 spiro atoms. The minimum atomic E-state index is -4.96. The molecule has 0 fully saturated rings. The maximum Gasteiger partial charge on any atom is 0.472 e. The lowest BCUT2D eigenvalue weighted by atomic mass is 9.99. The van der Waals surface area contributed by atoms with Gasteiger partial charge in [-0.05, 0) is 49.4 Å². The molecule has 0 aromatic carbocycles. The summed E-state index contributed by atoms with van der Waals surface area (Å²) in [6.07, 6.45) is 55.6. The Bertz CT molecular complexity index is 1940. The standard InChI is InChI=1S/C80H156O17P2/c1-9-73(8)59-51-43-35-27-20-16-14-12-10-11-13-15-17-21-29-37-46-54-62-79(84)96-75(66-90-77(82)60-52-44-36-28-22-18-19-25-32-40-48-56-70(2)3)68-94-98(86,87)92-64-74(81)65-93-99(88,89)95-69-76(67-91-78(83)61-53-45-39-31-34-42-50-58-72(6)7)97-80(85)63-55-47-38-30-24-23-26-33-41-49-57-71(4)5/h70-76,81H,9-69H2,1-8H3,(H,86,87)(H,88,89)/t73?,74?,75-,76-/m1/s1. The molecule has 0 aliphatic heterocycles. The van der Waals surface area contributed by atoms with Crippen molar-refractivity contribution in [2.24, 2.45) is 23.7 Å². The number of hydrogen-bond acceptors (Lipinski definition) is 15. The largest absolute Gasteiger partial charge is 0.472 e. The summed E-state index contributed by atoms with van der Waals surface area (Å²) >= 11 is 0. The van der Waals surface area contributed by atoms with E-state index in [1.165, 1.54) is 205 Å². The van der Waals surface area contributed by atoms with Gasteiger partial charge in [0, 0.05) is 25.7 Å². The zero-order valence-corrected chi connectivity index (χ0v) is 66.9. The molecule has 0 aromatic rings. The topological polar surface area (TPSA) is 237 Å². The van der Waals surface area contributed by atoms with E-state index in [2.05, 4.69) is 55.4 Å². The normalized spacial score (nSPS) is 14.3. The maximum atomic E-state index is 13.1. The number of carbonyl (C=O) groups is 4. The molecular weight excluding hydrogens is 1290 g/mol. The molecule has 0 aliphatic rings. The van der Waals surface area contributed by atoms with E-state index < -0.39 is 97.5 Å². The molecule has 0 aliphatic carbocycles. The van der Waals surface area contributed by atoms with Crippen LogP contribution in [0.5, 0.6) is 0 Å². The summed E-state index contributed by atoms with van der Waals surface area (Å²) in [6, 6.07) is 0. The highest BCUT2D eigenvalue weighted by Gasteiger charge is 2.30. The average Bonchev–Trinajstić information content (AvgIpc) is 0.982. The van der Waals surface area contributed by atoms with E-state index in [0.29, 0.717) is 31.6 Å². The Morgan fingerprint density at radius 3 is 0.717 bits per heavy atom. The highest BCUT2D eigenvalue weighted by atomic mass is 31.2. The van der Waals surface area contributed by atoms with Gasteiger partial charge in [0.15, 0.2) is 12.2 Å². The Morgan fingerprint density at radius 1 is 0.283 bits per heavy atom. The van der Waals surface area contributed by atoms with Gasteiger partial charge < -0.3 is 33.8 Å². The number of rotatable bonds is 77. The van der Waals surface area contributed by atoms with Crippen molar-refractivity contribution in [3.63, 3.8) is 0 Å². The van der Waals surface area contributed by atoms with Crippen LogP contribution >= 0.6 is 15.6 Å². The monoisotopic (exact) mass is 1450 g/mol. The minimum absolute atomic E-state index is 0.105. The predicted octanol–water partition coefficient (Wildman–Crippen LogP) is 23.6. The molecule has 4 unspecified atom stereocenters. The molecule has 0 heterocycles. The van der Waals surface area contributed by atoms with Gasteiger partial charge in [-0.3, -0.25) is 37.3 Å². The fraction of sp³-hybridized carbons (Fsp3) is 0.950. The minimum Gasteiger partial charge on any atom is -0.462 e. The van der Waals surface area contributed by atoms with Crippen LogP contribution in [0.3, 0.4) is 0 Å². The van der Waals surface area contributed by atoms with Gasteiger partial charge >= 0.3 is 39.5 Å². The molecule has 17 nitrogen and oxygen atoms in total. The van der Waals surface area contributed by atoms with Crippen LogP contribution in [-0.2, 0) is 65.4 Å². The second kappa shape index (κ2) is 69.1. The molecule has 19 heteroatoms. The number of unbranched alkanes of at least 4 members (excludes halogenated alkanes) is 42. The number of hydrogen-bond donors (Lipinski definition) is 3. The van der Waals surface area contributed by atoms with Crippen molar-refractivity contribution in [2.45, 2.75) is 427 Å². The second-order valence-corrected chi connectivity index (χ2v) is 33.4. The fourth-order valence-corrected chi connectivity index (χ4v) is 13.8. The van der Waals surface area contributed by atoms with E-state index in [9.17, 15) is 43.2 Å². The Labute approximate surface area is 607 Å². The van der Waals surface area contributed by atoms with Gasteiger partial charge in [0.2, 0.25) is 0 Å². The molecule has 0 amide bonds. The first-order valence-corrected chi connectivity index (χ1v) is 44.2. The Hall–Kier alpha value is -1.94. The highest BCUT2D eigenvalue weighted by molar-refractivity contribution is 7.47.